The first kappa shape index (κ1) is 21.1. The molecule has 2 unspecified atom stereocenters. The summed E-state index contributed by atoms with van der Waals surface area (Å²) in [4.78, 5) is 17.0. The van der Waals surface area contributed by atoms with Crippen molar-refractivity contribution in [1.29, 1.82) is 0 Å². The molecule has 2 atom stereocenters. The first-order valence-corrected chi connectivity index (χ1v) is 9.21. The van der Waals surface area contributed by atoms with Crippen molar-refractivity contribution in [1.82, 2.24) is 4.90 Å². The summed E-state index contributed by atoms with van der Waals surface area (Å²) in [6.07, 6.45) is -2.38. The molecule has 0 radical (unpaired) electrons. The first-order valence-electron chi connectivity index (χ1n) is 9.21. The lowest BCUT2D eigenvalue weighted by Gasteiger charge is -2.39. The summed E-state index contributed by atoms with van der Waals surface area (Å²) < 4.78 is 45.8. The number of alkyl halides is 2. The number of nitrogens with one attached hydrogen (secondary N) is 1. The van der Waals surface area contributed by atoms with Crippen LogP contribution in [0.25, 0.3) is 0 Å². The van der Waals surface area contributed by atoms with Crippen LogP contribution in [0.2, 0.25) is 0 Å². The van der Waals surface area contributed by atoms with Gasteiger partial charge < -0.3 is 29.5 Å². The van der Waals surface area contributed by atoms with Crippen molar-refractivity contribution in [2.24, 2.45) is 4.99 Å². The molecule has 1 amide bonds. The summed E-state index contributed by atoms with van der Waals surface area (Å²) in [5.74, 6) is -3.14. The van der Waals surface area contributed by atoms with Gasteiger partial charge in [0.2, 0.25) is 0 Å². The Labute approximate surface area is 167 Å². The predicted molar refractivity (Wildman–Crippen MR) is 102 cm³/mol. The molecule has 2 heterocycles. The summed E-state index contributed by atoms with van der Waals surface area (Å²) in [6, 6.07) is 3.19. The third-order valence-corrected chi connectivity index (χ3v) is 4.52. The monoisotopic (exact) mass is 413 g/mol. The Balaban J connectivity index is 1.81. The van der Waals surface area contributed by atoms with Crippen molar-refractivity contribution in [2.75, 3.05) is 25.5 Å². The standard InChI is InChI=1S/C19H25F2N3O5/c1-18(2,3)29-17(26)24-8-7-13(19(20,21)9-24)28-15-12(27-4)6-5-11-14(15)16(25)23-10-22-11/h5-6,10,13,16,25H,7-9H2,1-4H3,(H,22,23). The number of likely N-dealkylation sites (tertiary alicyclic amines) is 1. The zero-order valence-corrected chi connectivity index (χ0v) is 16.7. The number of amides is 1. The molecule has 160 valence electrons. The maximum absolute atomic E-state index is 14.8. The van der Waals surface area contributed by atoms with E-state index in [0.717, 1.165) is 4.90 Å². The number of anilines is 1. The number of nitrogens with zero attached hydrogens (tertiary/aromatic N) is 2. The van der Waals surface area contributed by atoms with Gasteiger partial charge in [0.05, 0.1) is 31.2 Å². The van der Waals surface area contributed by atoms with Crippen molar-refractivity contribution in [3.8, 4) is 11.5 Å². The average Bonchev–Trinajstić information content (AvgIpc) is 2.61. The fourth-order valence-corrected chi connectivity index (χ4v) is 3.19. The van der Waals surface area contributed by atoms with Crippen molar-refractivity contribution in [2.45, 2.75) is 51.0 Å². The van der Waals surface area contributed by atoms with E-state index in [1.807, 2.05) is 0 Å². The largest absolute Gasteiger partial charge is 0.493 e. The molecule has 0 aliphatic carbocycles. The van der Waals surface area contributed by atoms with Gasteiger partial charge in [-0.05, 0) is 32.9 Å². The number of halogens is 2. The molecule has 2 N–H and O–H groups in total. The van der Waals surface area contributed by atoms with Crippen LogP contribution in [0, 0.1) is 0 Å². The molecular weight excluding hydrogens is 388 g/mol. The van der Waals surface area contributed by atoms with Gasteiger partial charge in [-0.1, -0.05) is 0 Å². The minimum Gasteiger partial charge on any atom is -0.493 e. The summed E-state index contributed by atoms with van der Waals surface area (Å²) in [7, 11) is 1.38. The van der Waals surface area contributed by atoms with E-state index >= 15 is 0 Å². The number of piperidine rings is 1. The van der Waals surface area contributed by atoms with Gasteiger partial charge in [-0.2, -0.15) is 0 Å². The second-order valence-electron chi connectivity index (χ2n) is 7.91. The van der Waals surface area contributed by atoms with Crippen LogP contribution in [-0.4, -0.2) is 60.3 Å². The maximum atomic E-state index is 14.8. The smallest absolute Gasteiger partial charge is 0.410 e. The molecule has 10 heteroatoms. The van der Waals surface area contributed by atoms with Gasteiger partial charge in [0.1, 0.15) is 5.60 Å². The maximum Gasteiger partial charge on any atom is 0.410 e. The molecular formula is C19H25F2N3O5. The molecule has 1 fully saturated rings. The number of hydrogen-bond donors (Lipinski definition) is 2. The molecule has 3 rings (SSSR count). The molecule has 1 aromatic carbocycles. The average molecular weight is 413 g/mol. The van der Waals surface area contributed by atoms with Crippen LogP contribution in [0.3, 0.4) is 0 Å². The van der Waals surface area contributed by atoms with Gasteiger partial charge in [-0.15, -0.1) is 0 Å². The molecule has 0 aromatic heterocycles. The molecule has 2 aliphatic heterocycles. The van der Waals surface area contributed by atoms with Gasteiger partial charge in [0.15, 0.2) is 23.8 Å². The van der Waals surface area contributed by atoms with Crippen LogP contribution in [-0.2, 0) is 4.74 Å². The van der Waals surface area contributed by atoms with Crippen molar-refractivity contribution in [3.05, 3.63) is 17.7 Å². The molecule has 2 aliphatic rings. The van der Waals surface area contributed by atoms with E-state index in [1.165, 1.54) is 13.4 Å². The predicted octanol–water partition coefficient (Wildman–Crippen LogP) is 3.16. The van der Waals surface area contributed by atoms with E-state index in [4.69, 9.17) is 14.2 Å². The lowest BCUT2D eigenvalue weighted by Crippen LogP contribution is -2.56. The second kappa shape index (κ2) is 7.66. The summed E-state index contributed by atoms with van der Waals surface area (Å²) in [5.41, 5.74) is -0.0742. The SMILES string of the molecule is COc1ccc2c(c1OC1CCN(C(=O)OC(C)(C)C)CC1(F)F)C(O)N=CN2. The van der Waals surface area contributed by atoms with Gasteiger partial charge in [-0.25, -0.2) is 18.6 Å². The van der Waals surface area contributed by atoms with E-state index in [0.29, 0.717) is 5.69 Å². The number of ether oxygens (including phenoxy) is 3. The van der Waals surface area contributed by atoms with Gasteiger partial charge in [-0.3, -0.25) is 0 Å². The zero-order valence-electron chi connectivity index (χ0n) is 16.7. The lowest BCUT2D eigenvalue weighted by molar-refractivity contribution is -0.138. The molecule has 8 nitrogen and oxygen atoms in total. The highest BCUT2D eigenvalue weighted by atomic mass is 19.3. The topological polar surface area (TPSA) is 92.6 Å². The fourth-order valence-electron chi connectivity index (χ4n) is 3.19. The van der Waals surface area contributed by atoms with Gasteiger partial charge in [0.25, 0.3) is 0 Å². The highest BCUT2D eigenvalue weighted by Crippen LogP contribution is 2.44. The Hall–Kier alpha value is -2.62. The van der Waals surface area contributed by atoms with Gasteiger partial charge in [0, 0.05) is 13.0 Å². The molecule has 1 saturated heterocycles. The molecule has 0 bridgehead atoms. The van der Waals surface area contributed by atoms with Crippen LogP contribution in [0.1, 0.15) is 39.0 Å². The third-order valence-electron chi connectivity index (χ3n) is 4.52. The normalized spacial score (nSPS) is 23.1. The second-order valence-corrected chi connectivity index (χ2v) is 7.91. The van der Waals surface area contributed by atoms with Crippen LogP contribution >= 0.6 is 0 Å². The summed E-state index contributed by atoms with van der Waals surface area (Å²) in [5, 5.41) is 13.1. The fraction of sp³-hybridized carbons (Fsp3) is 0.579. The van der Waals surface area contributed by atoms with E-state index in [9.17, 15) is 18.7 Å². The molecule has 1 aromatic rings. The quantitative estimate of drug-likeness (QED) is 0.791. The van der Waals surface area contributed by atoms with Crippen LogP contribution in [0.4, 0.5) is 19.3 Å². The van der Waals surface area contributed by atoms with E-state index in [1.54, 1.807) is 32.9 Å². The van der Waals surface area contributed by atoms with E-state index < -0.39 is 36.5 Å². The van der Waals surface area contributed by atoms with Crippen molar-refractivity contribution in [3.63, 3.8) is 0 Å². The van der Waals surface area contributed by atoms with Crippen LogP contribution in [0.5, 0.6) is 11.5 Å². The molecule has 29 heavy (non-hydrogen) atoms. The van der Waals surface area contributed by atoms with E-state index in [2.05, 4.69) is 10.3 Å². The van der Waals surface area contributed by atoms with Crippen molar-refractivity contribution >= 4 is 18.1 Å². The molecule has 0 spiro atoms. The zero-order chi connectivity index (χ0) is 21.4. The number of fused-ring (bicyclic) bond motifs is 1. The van der Waals surface area contributed by atoms with Gasteiger partial charge >= 0.3 is 12.0 Å². The lowest BCUT2D eigenvalue weighted by atomic mass is 10.0. The number of aliphatic imine (C=N–C) groups is 1. The number of aliphatic hydroxyl groups excluding tert-OH is 1. The number of methoxy groups -OCH3 is 1. The summed E-state index contributed by atoms with van der Waals surface area (Å²) in [6.45, 7) is 4.23. The Morgan fingerprint density at radius 2 is 2.10 bits per heavy atom. The Bertz CT molecular complexity index is 810. The first-order chi connectivity index (χ1) is 13.5. The Morgan fingerprint density at radius 1 is 1.38 bits per heavy atom. The number of rotatable bonds is 3. The number of hydrogen-bond acceptors (Lipinski definition) is 7. The van der Waals surface area contributed by atoms with Crippen LogP contribution in [0.15, 0.2) is 17.1 Å². The highest BCUT2D eigenvalue weighted by molar-refractivity contribution is 5.82. The number of benzene rings is 1. The highest BCUT2D eigenvalue weighted by Gasteiger charge is 2.49. The Morgan fingerprint density at radius 3 is 2.72 bits per heavy atom. The number of carbonyl (C=O) groups excluding carboxylic acids is 1. The molecule has 0 saturated carbocycles. The minimum absolute atomic E-state index is 0.00255. The number of aliphatic hydroxyl groups is 1. The third kappa shape index (κ3) is 4.52. The number of carbonyl (C=O) groups is 1. The minimum atomic E-state index is -3.33. The Kier molecular flexibility index (Phi) is 5.57. The summed E-state index contributed by atoms with van der Waals surface area (Å²) >= 11 is 0. The van der Waals surface area contributed by atoms with Crippen molar-refractivity contribution < 1.29 is 32.9 Å². The van der Waals surface area contributed by atoms with E-state index in [-0.39, 0.29) is 30.0 Å². The van der Waals surface area contributed by atoms with Crippen LogP contribution < -0.4 is 14.8 Å².